The van der Waals surface area contributed by atoms with Gasteiger partial charge < -0.3 is 9.47 Å². The molecule has 1 aromatic carbocycles. The van der Waals surface area contributed by atoms with Gasteiger partial charge in [0, 0.05) is 5.41 Å². The Bertz CT molecular complexity index is 1110. The summed E-state index contributed by atoms with van der Waals surface area (Å²) in [4.78, 5) is 27.9. The highest BCUT2D eigenvalue weighted by Crippen LogP contribution is 2.77. The molecule has 1 spiro atoms. The molecule has 8 atom stereocenters. The van der Waals surface area contributed by atoms with Gasteiger partial charge in [-0.05, 0) is 63.4 Å². The highest BCUT2D eigenvalue weighted by molar-refractivity contribution is 6.13. The second kappa shape index (κ2) is 8.03. The number of allylic oxidation sites excluding steroid dienone is 3. The van der Waals surface area contributed by atoms with Gasteiger partial charge in [-0.2, -0.15) is 0 Å². The molecule has 1 saturated carbocycles. The molecule has 0 aromatic heterocycles. The minimum Gasteiger partial charge on any atom is -0.462 e. The Morgan fingerprint density at radius 1 is 1.20 bits per heavy atom. The molecule has 4 aliphatic rings. The zero-order chi connectivity index (χ0) is 25.2. The van der Waals surface area contributed by atoms with Crippen molar-refractivity contribution in [2.45, 2.75) is 65.1 Å². The number of cyclic esters (lactones) is 1. The van der Waals surface area contributed by atoms with Crippen LogP contribution in [0, 0.1) is 34.5 Å². The van der Waals surface area contributed by atoms with E-state index >= 15 is 0 Å². The third-order valence-corrected chi connectivity index (χ3v) is 9.72. The molecule has 4 heteroatoms. The van der Waals surface area contributed by atoms with Crippen LogP contribution in [-0.2, 0) is 24.7 Å². The molecular formula is C31H38O4. The maximum Gasteiger partial charge on any atom is 0.347 e. The standard InChI is InChI=1S/C31H38O4/c1-7-28(5)19-34-27(33)31(28)26(32)25-24-23(21(4)14-11-13-20(2)3)17-12-18-29(24,6)30(25,35-31)22-15-9-8-10-16-22/h7-10,12-13,15-16,18,21,23-25H,1,11,14,17,19H2,2-6H3/t21-,23+,24-,25+,28-,29-,30+,31-/m0/s1. The van der Waals surface area contributed by atoms with Crippen molar-refractivity contribution in [2.24, 2.45) is 34.5 Å². The van der Waals surface area contributed by atoms with Crippen molar-refractivity contribution in [3.8, 4) is 0 Å². The highest BCUT2D eigenvalue weighted by Gasteiger charge is 2.86. The Hall–Kier alpha value is -2.46. The van der Waals surface area contributed by atoms with Crippen molar-refractivity contribution in [2.75, 3.05) is 6.61 Å². The molecule has 4 nitrogen and oxygen atoms in total. The number of Topliss-reactive ketones (excluding diaryl/α,β-unsaturated/α-hetero) is 1. The number of esters is 1. The summed E-state index contributed by atoms with van der Waals surface area (Å²) in [6, 6.07) is 10.0. The first-order chi connectivity index (χ1) is 16.6. The first-order valence-electron chi connectivity index (χ1n) is 13.0. The number of benzene rings is 1. The molecule has 0 bridgehead atoms. The zero-order valence-electron chi connectivity index (χ0n) is 21.7. The summed E-state index contributed by atoms with van der Waals surface area (Å²) in [7, 11) is 0. The molecule has 2 aliphatic heterocycles. The van der Waals surface area contributed by atoms with E-state index in [1.807, 2.05) is 37.3 Å². The average Bonchev–Trinajstić information content (AvgIpc) is 3.25. The Morgan fingerprint density at radius 3 is 2.57 bits per heavy atom. The van der Waals surface area contributed by atoms with Crippen LogP contribution in [0.15, 0.2) is 66.8 Å². The van der Waals surface area contributed by atoms with E-state index in [-0.39, 0.29) is 18.3 Å². The van der Waals surface area contributed by atoms with Crippen LogP contribution in [0.5, 0.6) is 0 Å². The second-order valence-corrected chi connectivity index (χ2v) is 11.9. The number of fused-ring (bicyclic) bond motifs is 4. The molecule has 35 heavy (non-hydrogen) atoms. The van der Waals surface area contributed by atoms with Gasteiger partial charge in [-0.1, -0.05) is 74.1 Å². The Balaban J connectivity index is 1.64. The van der Waals surface area contributed by atoms with Crippen molar-refractivity contribution in [3.63, 3.8) is 0 Å². The Kier molecular flexibility index (Phi) is 5.56. The van der Waals surface area contributed by atoms with E-state index in [2.05, 4.69) is 52.5 Å². The second-order valence-electron chi connectivity index (χ2n) is 11.9. The Labute approximate surface area is 209 Å². The van der Waals surface area contributed by atoms with Gasteiger partial charge in [0.2, 0.25) is 5.60 Å². The van der Waals surface area contributed by atoms with Crippen molar-refractivity contribution in [1.82, 2.24) is 0 Å². The molecule has 2 saturated heterocycles. The van der Waals surface area contributed by atoms with E-state index in [0.717, 1.165) is 24.8 Å². The zero-order valence-corrected chi connectivity index (χ0v) is 21.7. The first kappa shape index (κ1) is 24.2. The number of carbonyl (C=O) groups is 2. The SMILES string of the molecule is C=C[C@@]1(C)COC(=O)[C@]12O[C@]1(c3ccccc3)[C@@H](C2=O)[C@@H]2[C@@H]([C@@H](C)CCC=C(C)C)CC=C[C@@]21C. The number of rotatable bonds is 6. The molecule has 0 radical (unpaired) electrons. The Morgan fingerprint density at radius 2 is 1.91 bits per heavy atom. The van der Waals surface area contributed by atoms with Crippen LogP contribution in [-0.4, -0.2) is 24.0 Å². The monoisotopic (exact) mass is 474 g/mol. The lowest BCUT2D eigenvalue weighted by atomic mass is 9.37. The van der Waals surface area contributed by atoms with Crippen LogP contribution < -0.4 is 0 Å². The van der Waals surface area contributed by atoms with Crippen LogP contribution in [0.3, 0.4) is 0 Å². The van der Waals surface area contributed by atoms with Gasteiger partial charge in [-0.25, -0.2) is 4.79 Å². The number of hydrogen-bond donors (Lipinski definition) is 0. The first-order valence-corrected chi connectivity index (χ1v) is 13.0. The maximum atomic E-state index is 14.5. The summed E-state index contributed by atoms with van der Waals surface area (Å²) in [5, 5.41) is 0. The fourth-order valence-corrected chi connectivity index (χ4v) is 7.73. The minimum absolute atomic E-state index is 0.101. The summed E-state index contributed by atoms with van der Waals surface area (Å²) in [5.41, 5.74) is -1.58. The molecule has 0 N–H and O–H groups in total. The summed E-state index contributed by atoms with van der Waals surface area (Å²) >= 11 is 0. The van der Waals surface area contributed by atoms with Gasteiger partial charge in [-0.15, -0.1) is 6.58 Å². The van der Waals surface area contributed by atoms with Crippen molar-refractivity contribution in [3.05, 3.63) is 72.4 Å². The largest absolute Gasteiger partial charge is 0.462 e. The van der Waals surface area contributed by atoms with E-state index in [9.17, 15) is 9.59 Å². The predicted molar refractivity (Wildman–Crippen MR) is 136 cm³/mol. The lowest BCUT2D eigenvalue weighted by Crippen LogP contribution is -2.69. The van der Waals surface area contributed by atoms with Crippen molar-refractivity contribution < 1.29 is 19.1 Å². The molecule has 5 rings (SSSR count). The van der Waals surface area contributed by atoms with E-state index in [1.54, 1.807) is 6.08 Å². The normalized spacial score (nSPS) is 42.1. The summed E-state index contributed by atoms with van der Waals surface area (Å²) < 4.78 is 12.5. The summed E-state index contributed by atoms with van der Waals surface area (Å²) in [5.74, 6) is -0.200. The van der Waals surface area contributed by atoms with E-state index < -0.39 is 33.9 Å². The fourth-order valence-electron chi connectivity index (χ4n) is 7.73. The average molecular weight is 475 g/mol. The molecule has 0 amide bonds. The predicted octanol–water partition coefficient (Wildman–Crippen LogP) is 6.18. The van der Waals surface area contributed by atoms with Gasteiger partial charge in [0.1, 0.15) is 12.2 Å². The van der Waals surface area contributed by atoms with Gasteiger partial charge in [0.25, 0.3) is 0 Å². The van der Waals surface area contributed by atoms with Crippen LogP contribution in [0.4, 0.5) is 0 Å². The molecule has 0 unspecified atom stereocenters. The van der Waals surface area contributed by atoms with Crippen molar-refractivity contribution >= 4 is 11.8 Å². The van der Waals surface area contributed by atoms with Crippen molar-refractivity contribution in [1.29, 1.82) is 0 Å². The van der Waals surface area contributed by atoms with Crippen LogP contribution in [0.1, 0.15) is 59.4 Å². The summed E-state index contributed by atoms with van der Waals surface area (Å²) in [6.45, 7) is 14.8. The van der Waals surface area contributed by atoms with E-state index in [1.165, 1.54) is 5.57 Å². The molecular weight excluding hydrogens is 436 g/mol. The third-order valence-electron chi connectivity index (χ3n) is 9.72. The van der Waals surface area contributed by atoms with E-state index in [0.29, 0.717) is 11.8 Å². The van der Waals surface area contributed by atoms with Gasteiger partial charge in [-0.3, -0.25) is 4.79 Å². The number of ketones is 1. The summed E-state index contributed by atoms with van der Waals surface area (Å²) in [6.07, 6.45) is 11.6. The van der Waals surface area contributed by atoms with Crippen LogP contribution in [0.2, 0.25) is 0 Å². The van der Waals surface area contributed by atoms with Crippen LogP contribution in [0.25, 0.3) is 0 Å². The molecule has 2 aliphatic carbocycles. The fraction of sp³-hybridized carbons (Fsp3) is 0.548. The number of carbonyl (C=O) groups excluding carboxylic acids is 2. The van der Waals surface area contributed by atoms with Gasteiger partial charge in [0.15, 0.2) is 5.78 Å². The molecule has 186 valence electrons. The van der Waals surface area contributed by atoms with Gasteiger partial charge in [0.05, 0.1) is 11.3 Å². The topological polar surface area (TPSA) is 52.6 Å². The number of hydrogen-bond acceptors (Lipinski definition) is 4. The van der Waals surface area contributed by atoms with Gasteiger partial charge >= 0.3 is 5.97 Å². The minimum atomic E-state index is -1.65. The smallest absolute Gasteiger partial charge is 0.347 e. The van der Waals surface area contributed by atoms with Crippen LogP contribution >= 0.6 is 0 Å². The molecule has 3 fully saturated rings. The third kappa shape index (κ3) is 2.89. The lowest BCUT2D eigenvalue weighted by Gasteiger charge is -2.67. The maximum absolute atomic E-state index is 14.5. The lowest BCUT2D eigenvalue weighted by molar-refractivity contribution is -0.272. The molecule has 1 aromatic rings. The highest BCUT2D eigenvalue weighted by atomic mass is 16.6. The van der Waals surface area contributed by atoms with E-state index in [4.69, 9.17) is 9.47 Å². The quantitative estimate of drug-likeness (QED) is 0.281. The molecule has 2 heterocycles. The number of ether oxygens (including phenoxy) is 2.